The first kappa shape index (κ1) is 14.6. The van der Waals surface area contributed by atoms with Crippen molar-refractivity contribution in [3.05, 3.63) is 59.7 Å². The number of hydrogen-bond acceptors (Lipinski definition) is 3. The maximum Gasteiger partial charge on any atom is 0.130 e. The number of rotatable bonds is 7. The lowest BCUT2D eigenvalue weighted by Gasteiger charge is -2.11. The van der Waals surface area contributed by atoms with Crippen molar-refractivity contribution < 1.29 is 9.47 Å². The van der Waals surface area contributed by atoms with Gasteiger partial charge in [0.25, 0.3) is 0 Å². The topological polar surface area (TPSA) is 44.5 Å². The van der Waals surface area contributed by atoms with E-state index in [-0.39, 0.29) is 0 Å². The Morgan fingerprint density at radius 2 is 1.70 bits per heavy atom. The highest BCUT2D eigenvalue weighted by atomic mass is 16.5. The summed E-state index contributed by atoms with van der Waals surface area (Å²) in [6.07, 6.45) is 1.74. The predicted molar refractivity (Wildman–Crippen MR) is 81.3 cm³/mol. The van der Waals surface area contributed by atoms with Crippen molar-refractivity contribution in [2.45, 2.75) is 12.8 Å². The van der Waals surface area contributed by atoms with Gasteiger partial charge in [-0.2, -0.15) is 0 Å². The van der Waals surface area contributed by atoms with Crippen LogP contribution in [0.25, 0.3) is 0 Å². The molecule has 0 atom stereocenters. The molecule has 3 nitrogen and oxygen atoms in total. The van der Waals surface area contributed by atoms with E-state index in [1.54, 1.807) is 7.11 Å². The van der Waals surface area contributed by atoms with E-state index >= 15 is 0 Å². The Kier molecular flexibility index (Phi) is 5.59. The minimum absolute atomic E-state index is 0.621. The van der Waals surface area contributed by atoms with E-state index in [0.29, 0.717) is 6.54 Å². The smallest absolute Gasteiger partial charge is 0.130 e. The Morgan fingerprint density at radius 1 is 0.950 bits per heavy atom. The summed E-state index contributed by atoms with van der Waals surface area (Å²) in [5, 5.41) is 0. The molecule has 0 saturated heterocycles. The number of methoxy groups -OCH3 is 1. The zero-order valence-corrected chi connectivity index (χ0v) is 11.8. The van der Waals surface area contributed by atoms with Gasteiger partial charge in [0.2, 0.25) is 0 Å². The number of para-hydroxylation sites is 1. The van der Waals surface area contributed by atoms with E-state index in [9.17, 15) is 0 Å². The lowest BCUT2D eigenvalue weighted by atomic mass is 10.1. The SMILES string of the molecule is COCCc1ccc(Oc2ccccc2CCN)cc1. The third-order valence-electron chi connectivity index (χ3n) is 3.13. The second-order valence-electron chi connectivity index (χ2n) is 4.64. The van der Waals surface area contributed by atoms with Gasteiger partial charge in [-0.05, 0) is 48.7 Å². The zero-order valence-electron chi connectivity index (χ0n) is 11.8. The molecule has 3 heteroatoms. The van der Waals surface area contributed by atoms with Crippen LogP contribution in [0.1, 0.15) is 11.1 Å². The molecule has 2 aromatic rings. The van der Waals surface area contributed by atoms with Crippen LogP contribution in [0.5, 0.6) is 11.5 Å². The molecule has 2 rings (SSSR count). The largest absolute Gasteiger partial charge is 0.457 e. The normalized spacial score (nSPS) is 10.5. The Labute approximate surface area is 120 Å². The molecule has 0 saturated carbocycles. The number of benzene rings is 2. The fourth-order valence-electron chi connectivity index (χ4n) is 2.04. The fourth-order valence-corrected chi connectivity index (χ4v) is 2.04. The van der Waals surface area contributed by atoms with Crippen molar-refractivity contribution in [1.82, 2.24) is 0 Å². The van der Waals surface area contributed by atoms with Gasteiger partial charge in [0, 0.05) is 7.11 Å². The van der Waals surface area contributed by atoms with Gasteiger partial charge in [-0.15, -0.1) is 0 Å². The van der Waals surface area contributed by atoms with Gasteiger partial charge in [0.15, 0.2) is 0 Å². The lowest BCUT2D eigenvalue weighted by Crippen LogP contribution is -2.03. The van der Waals surface area contributed by atoms with Gasteiger partial charge < -0.3 is 15.2 Å². The average molecular weight is 271 g/mol. The molecule has 0 aliphatic carbocycles. The van der Waals surface area contributed by atoms with Gasteiger partial charge in [-0.3, -0.25) is 0 Å². The fraction of sp³-hybridized carbons (Fsp3) is 0.294. The molecular weight excluding hydrogens is 250 g/mol. The van der Waals surface area contributed by atoms with E-state index in [1.165, 1.54) is 5.56 Å². The quantitative estimate of drug-likeness (QED) is 0.841. The van der Waals surface area contributed by atoms with Crippen LogP contribution >= 0.6 is 0 Å². The Morgan fingerprint density at radius 3 is 2.40 bits per heavy atom. The molecule has 0 unspecified atom stereocenters. The van der Waals surface area contributed by atoms with E-state index < -0.39 is 0 Å². The van der Waals surface area contributed by atoms with Crippen LogP contribution in [-0.2, 0) is 17.6 Å². The predicted octanol–water partition coefficient (Wildman–Crippen LogP) is 3.17. The molecule has 0 spiro atoms. The summed E-state index contributed by atoms with van der Waals surface area (Å²) in [6, 6.07) is 16.1. The number of ether oxygens (including phenoxy) is 2. The monoisotopic (exact) mass is 271 g/mol. The van der Waals surface area contributed by atoms with Crippen LogP contribution in [0.15, 0.2) is 48.5 Å². The molecule has 20 heavy (non-hydrogen) atoms. The van der Waals surface area contributed by atoms with Gasteiger partial charge >= 0.3 is 0 Å². The molecule has 2 aromatic carbocycles. The maximum absolute atomic E-state index is 5.93. The van der Waals surface area contributed by atoms with Crippen LogP contribution in [0, 0.1) is 0 Å². The second-order valence-corrected chi connectivity index (χ2v) is 4.64. The van der Waals surface area contributed by atoms with Crippen molar-refractivity contribution in [2.75, 3.05) is 20.3 Å². The van der Waals surface area contributed by atoms with Crippen LogP contribution in [0.4, 0.5) is 0 Å². The van der Waals surface area contributed by atoms with Gasteiger partial charge in [-0.1, -0.05) is 30.3 Å². The van der Waals surface area contributed by atoms with Crippen LogP contribution in [-0.4, -0.2) is 20.3 Å². The van der Waals surface area contributed by atoms with E-state index in [4.69, 9.17) is 15.2 Å². The first-order valence-electron chi connectivity index (χ1n) is 6.87. The van der Waals surface area contributed by atoms with Crippen molar-refractivity contribution in [3.8, 4) is 11.5 Å². The molecule has 0 aliphatic rings. The van der Waals surface area contributed by atoms with Gasteiger partial charge in [-0.25, -0.2) is 0 Å². The molecule has 106 valence electrons. The van der Waals surface area contributed by atoms with E-state index in [1.807, 2.05) is 30.3 Å². The third-order valence-corrected chi connectivity index (χ3v) is 3.13. The lowest BCUT2D eigenvalue weighted by molar-refractivity contribution is 0.202. The molecule has 0 aromatic heterocycles. The summed E-state index contributed by atoms with van der Waals surface area (Å²) in [5.74, 6) is 1.72. The summed E-state index contributed by atoms with van der Waals surface area (Å²) in [5.41, 5.74) is 8.00. The Bertz CT molecular complexity index is 523. The van der Waals surface area contributed by atoms with Crippen LogP contribution in [0.3, 0.4) is 0 Å². The minimum Gasteiger partial charge on any atom is -0.457 e. The number of hydrogen-bond donors (Lipinski definition) is 1. The van der Waals surface area contributed by atoms with Crippen molar-refractivity contribution >= 4 is 0 Å². The molecule has 0 fully saturated rings. The molecule has 0 amide bonds. The van der Waals surface area contributed by atoms with Gasteiger partial charge in [0.05, 0.1) is 6.61 Å². The highest BCUT2D eigenvalue weighted by Crippen LogP contribution is 2.25. The Hall–Kier alpha value is -1.84. The first-order valence-corrected chi connectivity index (χ1v) is 6.87. The molecular formula is C17H21NO2. The van der Waals surface area contributed by atoms with E-state index in [2.05, 4.69) is 18.2 Å². The van der Waals surface area contributed by atoms with Crippen LogP contribution in [0.2, 0.25) is 0 Å². The average Bonchev–Trinajstić information content (AvgIpc) is 2.49. The van der Waals surface area contributed by atoms with E-state index in [0.717, 1.165) is 36.5 Å². The summed E-state index contributed by atoms with van der Waals surface area (Å²) >= 11 is 0. The second kappa shape index (κ2) is 7.68. The molecule has 0 bridgehead atoms. The summed E-state index contributed by atoms with van der Waals surface area (Å²) < 4.78 is 11.0. The summed E-state index contributed by atoms with van der Waals surface area (Å²) in [6.45, 7) is 1.36. The summed E-state index contributed by atoms with van der Waals surface area (Å²) in [7, 11) is 1.71. The first-order chi connectivity index (χ1) is 9.83. The van der Waals surface area contributed by atoms with Gasteiger partial charge in [0.1, 0.15) is 11.5 Å². The van der Waals surface area contributed by atoms with Crippen molar-refractivity contribution in [2.24, 2.45) is 5.73 Å². The standard InChI is InChI=1S/C17H21NO2/c1-19-13-11-14-6-8-16(9-7-14)20-17-5-3-2-4-15(17)10-12-18/h2-9H,10-13,18H2,1H3. The highest BCUT2D eigenvalue weighted by molar-refractivity contribution is 5.38. The molecule has 0 radical (unpaired) electrons. The third kappa shape index (κ3) is 4.08. The molecule has 2 N–H and O–H groups in total. The molecule has 0 heterocycles. The Balaban J connectivity index is 2.06. The highest BCUT2D eigenvalue weighted by Gasteiger charge is 2.03. The number of nitrogens with two attached hydrogens (primary N) is 1. The van der Waals surface area contributed by atoms with Crippen LogP contribution < -0.4 is 10.5 Å². The minimum atomic E-state index is 0.621. The zero-order chi connectivity index (χ0) is 14.2. The molecule has 0 aliphatic heterocycles. The van der Waals surface area contributed by atoms with Crippen molar-refractivity contribution in [3.63, 3.8) is 0 Å². The summed E-state index contributed by atoms with van der Waals surface area (Å²) in [4.78, 5) is 0. The van der Waals surface area contributed by atoms with Crippen molar-refractivity contribution in [1.29, 1.82) is 0 Å². The maximum atomic E-state index is 5.93.